The van der Waals surface area contributed by atoms with Gasteiger partial charge in [-0.05, 0) is 13.3 Å². The van der Waals surface area contributed by atoms with Crippen LogP contribution in [0.1, 0.15) is 13.3 Å². The summed E-state index contributed by atoms with van der Waals surface area (Å²) in [6, 6.07) is 0. The first-order valence-electron chi connectivity index (χ1n) is 3.63. The fraction of sp³-hybridized carbons (Fsp3) is 0.444. The van der Waals surface area contributed by atoms with Gasteiger partial charge in [0.15, 0.2) is 5.78 Å². The highest BCUT2D eigenvalue weighted by atomic mass is 79.9. The van der Waals surface area contributed by atoms with Gasteiger partial charge in [-0.2, -0.15) is 0 Å². The van der Waals surface area contributed by atoms with Crippen molar-refractivity contribution < 1.29 is 4.79 Å². The molecule has 1 nitrogen and oxygen atoms in total. The SMILES string of the molecule is CC1(C(=O)CBr)C=CC=CC1. The molecule has 0 radical (unpaired) electrons. The Kier molecular flexibility index (Phi) is 2.66. The largest absolute Gasteiger partial charge is 0.298 e. The van der Waals surface area contributed by atoms with Crippen LogP contribution >= 0.6 is 15.9 Å². The zero-order valence-electron chi connectivity index (χ0n) is 6.51. The van der Waals surface area contributed by atoms with Crippen LogP contribution in [0.2, 0.25) is 0 Å². The quantitative estimate of drug-likeness (QED) is 0.646. The molecule has 1 rings (SSSR count). The lowest BCUT2D eigenvalue weighted by molar-refractivity contribution is -0.122. The molecule has 0 aromatic rings. The monoisotopic (exact) mass is 214 g/mol. The lowest BCUT2D eigenvalue weighted by Gasteiger charge is -2.23. The average Bonchev–Trinajstić information content (AvgIpc) is 2.04. The molecule has 0 spiro atoms. The van der Waals surface area contributed by atoms with E-state index in [0.717, 1.165) is 6.42 Å². The molecule has 0 aromatic heterocycles. The van der Waals surface area contributed by atoms with Crippen LogP contribution in [0.25, 0.3) is 0 Å². The predicted molar refractivity (Wildman–Crippen MR) is 49.8 cm³/mol. The topological polar surface area (TPSA) is 17.1 Å². The van der Waals surface area contributed by atoms with Gasteiger partial charge in [-0.25, -0.2) is 0 Å². The fourth-order valence-electron chi connectivity index (χ4n) is 1.09. The number of allylic oxidation sites excluding steroid dienone is 4. The maximum Gasteiger partial charge on any atom is 0.153 e. The van der Waals surface area contributed by atoms with E-state index in [2.05, 4.69) is 15.9 Å². The van der Waals surface area contributed by atoms with Gasteiger partial charge in [0, 0.05) is 5.41 Å². The van der Waals surface area contributed by atoms with Crippen molar-refractivity contribution >= 4 is 21.7 Å². The van der Waals surface area contributed by atoms with E-state index in [4.69, 9.17) is 0 Å². The van der Waals surface area contributed by atoms with Crippen molar-refractivity contribution in [1.82, 2.24) is 0 Å². The van der Waals surface area contributed by atoms with Crippen molar-refractivity contribution in [3.63, 3.8) is 0 Å². The second-order valence-electron chi connectivity index (χ2n) is 2.97. The zero-order valence-corrected chi connectivity index (χ0v) is 8.10. The number of carbonyl (C=O) groups excluding carboxylic acids is 1. The van der Waals surface area contributed by atoms with Crippen LogP contribution < -0.4 is 0 Å². The molecular weight excluding hydrogens is 204 g/mol. The number of rotatable bonds is 2. The Bertz CT molecular complexity index is 218. The van der Waals surface area contributed by atoms with E-state index in [1.165, 1.54) is 0 Å². The van der Waals surface area contributed by atoms with Gasteiger partial charge in [0.05, 0.1) is 5.33 Å². The number of hydrogen-bond acceptors (Lipinski definition) is 1. The van der Waals surface area contributed by atoms with Crippen LogP contribution in [-0.4, -0.2) is 11.1 Å². The summed E-state index contributed by atoms with van der Waals surface area (Å²) < 4.78 is 0. The molecule has 0 amide bonds. The van der Waals surface area contributed by atoms with Crippen molar-refractivity contribution in [2.45, 2.75) is 13.3 Å². The number of carbonyl (C=O) groups is 1. The van der Waals surface area contributed by atoms with E-state index in [0.29, 0.717) is 5.33 Å². The summed E-state index contributed by atoms with van der Waals surface area (Å²) in [5.74, 6) is 0.248. The lowest BCUT2D eigenvalue weighted by atomic mass is 9.80. The standard InChI is InChI=1S/C9H11BrO/c1-9(8(11)7-10)5-3-2-4-6-9/h2-5H,6-7H2,1H3. The number of halogens is 1. The van der Waals surface area contributed by atoms with Crippen molar-refractivity contribution in [3.05, 3.63) is 24.3 Å². The third kappa shape index (κ3) is 1.80. The maximum atomic E-state index is 11.4. The lowest BCUT2D eigenvalue weighted by Crippen LogP contribution is -2.26. The molecule has 0 fully saturated rings. The van der Waals surface area contributed by atoms with Crippen LogP contribution in [-0.2, 0) is 4.79 Å². The molecule has 11 heavy (non-hydrogen) atoms. The van der Waals surface area contributed by atoms with E-state index in [1.54, 1.807) is 0 Å². The summed E-state index contributed by atoms with van der Waals surface area (Å²) in [5.41, 5.74) is -0.266. The molecule has 0 saturated carbocycles. The number of ketones is 1. The van der Waals surface area contributed by atoms with Gasteiger partial charge in [0.1, 0.15) is 0 Å². The predicted octanol–water partition coefficient (Wildman–Crippen LogP) is 2.47. The van der Waals surface area contributed by atoms with Gasteiger partial charge in [0.25, 0.3) is 0 Å². The summed E-state index contributed by atoms with van der Waals surface area (Å²) in [4.78, 5) is 11.4. The minimum atomic E-state index is -0.266. The van der Waals surface area contributed by atoms with Crippen LogP contribution in [0.15, 0.2) is 24.3 Å². The number of alkyl halides is 1. The Labute approximate surface area is 75.3 Å². The summed E-state index contributed by atoms with van der Waals surface area (Å²) in [7, 11) is 0. The van der Waals surface area contributed by atoms with E-state index in [9.17, 15) is 4.79 Å². The second kappa shape index (κ2) is 3.35. The Balaban J connectivity index is 2.75. The van der Waals surface area contributed by atoms with Gasteiger partial charge in [0.2, 0.25) is 0 Å². The normalized spacial score (nSPS) is 28.9. The Morgan fingerprint density at radius 1 is 1.64 bits per heavy atom. The minimum absolute atomic E-state index is 0.248. The van der Waals surface area contributed by atoms with Gasteiger partial charge in [-0.3, -0.25) is 4.79 Å². The third-order valence-corrected chi connectivity index (χ3v) is 2.52. The Morgan fingerprint density at radius 3 is 2.82 bits per heavy atom. The summed E-state index contributed by atoms with van der Waals surface area (Å²) in [5, 5.41) is 0.446. The van der Waals surface area contributed by atoms with Crippen LogP contribution in [0.4, 0.5) is 0 Å². The molecule has 1 aliphatic carbocycles. The van der Waals surface area contributed by atoms with Gasteiger partial charge < -0.3 is 0 Å². The molecule has 0 saturated heterocycles. The molecule has 0 N–H and O–H groups in total. The van der Waals surface area contributed by atoms with Crippen LogP contribution in [0.5, 0.6) is 0 Å². The molecule has 1 atom stereocenters. The van der Waals surface area contributed by atoms with Crippen molar-refractivity contribution in [3.8, 4) is 0 Å². The molecule has 1 aliphatic rings. The number of hydrogen-bond donors (Lipinski definition) is 0. The first-order valence-corrected chi connectivity index (χ1v) is 4.75. The number of Topliss-reactive ketones (excluding diaryl/α,β-unsaturated/α-hetero) is 1. The van der Waals surface area contributed by atoms with E-state index >= 15 is 0 Å². The molecule has 0 heterocycles. The summed E-state index contributed by atoms with van der Waals surface area (Å²) >= 11 is 3.18. The fourth-order valence-corrected chi connectivity index (χ4v) is 1.73. The van der Waals surface area contributed by atoms with Crippen molar-refractivity contribution in [2.75, 3.05) is 5.33 Å². The van der Waals surface area contributed by atoms with Gasteiger partial charge in [-0.15, -0.1) is 0 Å². The highest BCUT2D eigenvalue weighted by Gasteiger charge is 2.28. The molecule has 0 aliphatic heterocycles. The van der Waals surface area contributed by atoms with E-state index in [-0.39, 0.29) is 11.2 Å². The molecule has 2 heteroatoms. The summed E-state index contributed by atoms with van der Waals surface area (Å²) in [6.07, 6.45) is 8.73. The van der Waals surface area contributed by atoms with Crippen molar-refractivity contribution in [2.24, 2.45) is 5.41 Å². The summed E-state index contributed by atoms with van der Waals surface area (Å²) in [6.45, 7) is 1.97. The van der Waals surface area contributed by atoms with Gasteiger partial charge >= 0.3 is 0 Å². The van der Waals surface area contributed by atoms with Crippen LogP contribution in [0, 0.1) is 5.41 Å². The minimum Gasteiger partial charge on any atom is -0.298 e. The second-order valence-corrected chi connectivity index (χ2v) is 3.53. The Morgan fingerprint density at radius 2 is 2.36 bits per heavy atom. The molecular formula is C9H11BrO. The maximum absolute atomic E-state index is 11.4. The molecule has 1 unspecified atom stereocenters. The third-order valence-electron chi connectivity index (χ3n) is 2.01. The Hall–Kier alpha value is -0.370. The highest BCUT2D eigenvalue weighted by Crippen LogP contribution is 2.28. The van der Waals surface area contributed by atoms with Crippen molar-refractivity contribution in [1.29, 1.82) is 0 Å². The molecule has 0 aromatic carbocycles. The first-order chi connectivity index (χ1) is 5.19. The van der Waals surface area contributed by atoms with E-state index in [1.807, 2.05) is 31.2 Å². The molecule has 0 bridgehead atoms. The zero-order chi connectivity index (χ0) is 8.32. The highest BCUT2D eigenvalue weighted by molar-refractivity contribution is 9.09. The van der Waals surface area contributed by atoms with Gasteiger partial charge in [-0.1, -0.05) is 40.2 Å². The van der Waals surface area contributed by atoms with E-state index < -0.39 is 0 Å². The smallest absolute Gasteiger partial charge is 0.153 e. The average molecular weight is 215 g/mol. The van der Waals surface area contributed by atoms with Crippen LogP contribution in [0.3, 0.4) is 0 Å². The molecule has 60 valence electrons. The first kappa shape index (κ1) is 8.72.